The number of nitro groups is 1. The summed E-state index contributed by atoms with van der Waals surface area (Å²) in [7, 11) is 0. The van der Waals surface area contributed by atoms with Gasteiger partial charge in [-0.2, -0.15) is 10.4 Å². The second-order valence-electron chi connectivity index (χ2n) is 5.97. The molecular weight excluding hydrogens is 433 g/mol. The first kappa shape index (κ1) is 23.1. The van der Waals surface area contributed by atoms with Gasteiger partial charge in [0.15, 0.2) is 0 Å². The molecule has 2 aromatic carbocycles. The van der Waals surface area contributed by atoms with Crippen LogP contribution in [0, 0.1) is 21.4 Å². The van der Waals surface area contributed by atoms with Crippen molar-refractivity contribution in [2.45, 2.75) is 13.3 Å². The van der Waals surface area contributed by atoms with Crippen LogP contribution in [0.5, 0.6) is 0 Å². The molecule has 0 fully saturated rings. The van der Waals surface area contributed by atoms with Gasteiger partial charge in [-0.15, -0.1) is 5.11 Å². The fourth-order valence-corrected chi connectivity index (χ4v) is 3.00. The highest BCUT2D eigenvalue weighted by molar-refractivity contribution is 6.39. The van der Waals surface area contributed by atoms with E-state index >= 15 is 0 Å². The van der Waals surface area contributed by atoms with Gasteiger partial charge in [-0.25, -0.2) is 0 Å². The van der Waals surface area contributed by atoms with E-state index in [0.717, 1.165) is 17.8 Å². The average Bonchev–Trinajstić information content (AvgIpc) is 2.70. The van der Waals surface area contributed by atoms with Crippen molar-refractivity contribution in [3.8, 4) is 6.07 Å². The van der Waals surface area contributed by atoms with Gasteiger partial charge in [0.05, 0.1) is 39.7 Å². The number of hydrogen-bond donors (Lipinski definition) is 0. The van der Waals surface area contributed by atoms with Crippen molar-refractivity contribution in [3.63, 3.8) is 0 Å². The van der Waals surface area contributed by atoms with Gasteiger partial charge in [0.25, 0.3) is 5.69 Å². The summed E-state index contributed by atoms with van der Waals surface area (Å²) in [4.78, 5) is 23.1. The molecule has 0 aliphatic carbocycles. The van der Waals surface area contributed by atoms with Crippen molar-refractivity contribution in [1.29, 1.82) is 5.26 Å². The van der Waals surface area contributed by atoms with Crippen LogP contribution in [-0.4, -0.2) is 30.6 Å². The van der Waals surface area contributed by atoms with Crippen molar-refractivity contribution in [1.82, 2.24) is 0 Å². The summed E-state index contributed by atoms with van der Waals surface area (Å²) < 4.78 is 4.97. The van der Waals surface area contributed by atoms with Gasteiger partial charge in [-0.05, 0) is 24.3 Å². The molecule has 2 aromatic rings. The summed E-state index contributed by atoms with van der Waals surface area (Å²) in [6.45, 7) is 2.46. The number of halogens is 2. The van der Waals surface area contributed by atoms with E-state index in [4.69, 9.17) is 33.2 Å². The zero-order chi connectivity index (χ0) is 22.1. The molecule has 30 heavy (non-hydrogen) atoms. The molecule has 0 saturated carbocycles. The first-order valence-corrected chi connectivity index (χ1v) is 9.48. The highest BCUT2D eigenvalue weighted by atomic mass is 35.5. The van der Waals surface area contributed by atoms with Crippen LogP contribution in [0.25, 0.3) is 0 Å². The number of esters is 1. The van der Waals surface area contributed by atoms with Gasteiger partial charge >= 0.3 is 5.97 Å². The quantitative estimate of drug-likeness (QED) is 0.212. The number of nitro benzene ring substituents is 1. The topological polar surface area (TPSA) is 121 Å². The van der Waals surface area contributed by atoms with E-state index in [9.17, 15) is 14.9 Å². The number of anilines is 1. The van der Waals surface area contributed by atoms with Crippen LogP contribution in [0.4, 0.5) is 22.7 Å². The van der Waals surface area contributed by atoms with Gasteiger partial charge in [0.2, 0.25) is 0 Å². The standard InChI is InChI=1S/C19H17Cl2N5O4/c1-13(27)30-10-9-25(8-2-7-22)15-5-3-14(4-6-15)23-24-19-17(20)11-16(26(28)29)12-18(19)21/h3-6,11-12H,2,8-10H2,1H3. The lowest BCUT2D eigenvalue weighted by molar-refractivity contribution is -0.384. The molecule has 156 valence electrons. The molecule has 0 unspecified atom stereocenters. The van der Waals surface area contributed by atoms with Gasteiger partial charge in [0.1, 0.15) is 12.3 Å². The minimum absolute atomic E-state index is 0.0164. The maximum absolute atomic E-state index is 10.9. The summed E-state index contributed by atoms with van der Waals surface area (Å²) in [6.07, 6.45) is 0.318. The molecule has 0 aromatic heterocycles. The summed E-state index contributed by atoms with van der Waals surface area (Å²) >= 11 is 12.0. The number of hydrogen-bond acceptors (Lipinski definition) is 8. The van der Waals surface area contributed by atoms with Gasteiger partial charge in [-0.1, -0.05) is 23.2 Å². The Hall–Kier alpha value is -3.22. The lowest BCUT2D eigenvalue weighted by atomic mass is 10.2. The Morgan fingerprint density at radius 1 is 1.20 bits per heavy atom. The first-order chi connectivity index (χ1) is 14.3. The van der Waals surface area contributed by atoms with Crippen LogP contribution in [0.1, 0.15) is 13.3 Å². The van der Waals surface area contributed by atoms with Crippen LogP contribution in [-0.2, 0) is 9.53 Å². The maximum Gasteiger partial charge on any atom is 0.302 e. The van der Waals surface area contributed by atoms with E-state index < -0.39 is 4.92 Å². The number of azo groups is 1. The molecule has 0 heterocycles. The summed E-state index contributed by atoms with van der Waals surface area (Å²) in [5.74, 6) is -0.366. The minimum atomic E-state index is -0.600. The predicted molar refractivity (Wildman–Crippen MR) is 113 cm³/mol. The summed E-state index contributed by atoms with van der Waals surface area (Å²) in [5, 5.41) is 27.8. The van der Waals surface area contributed by atoms with Gasteiger partial charge in [0, 0.05) is 31.3 Å². The molecule has 0 aliphatic rings. The third kappa shape index (κ3) is 6.69. The Balaban J connectivity index is 2.15. The molecule has 0 amide bonds. The number of nitrogens with zero attached hydrogens (tertiary/aromatic N) is 5. The minimum Gasteiger partial charge on any atom is -0.464 e. The number of benzene rings is 2. The van der Waals surface area contributed by atoms with Crippen molar-refractivity contribution in [2.24, 2.45) is 10.2 Å². The van der Waals surface area contributed by atoms with Crippen LogP contribution >= 0.6 is 23.2 Å². The van der Waals surface area contributed by atoms with Crippen molar-refractivity contribution < 1.29 is 14.5 Å². The molecule has 0 aliphatic heterocycles. The number of carbonyl (C=O) groups is 1. The number of ether oxygens (including phenoxy) is 1. The van der Waals surface area contributed by atoms with Crippen molar-refractivity contribution >= 4 is 51.9 Å². The molecule has 2 rings (SSSR count). The fraction of sp³-hybridized carbons (Fsp3) is 0.263. The van der Waals surface area contributed by atoms with Crippen LogP contribution in [0.2, 0.25) is 10.0 Å². The Labute approximate surface area is 182 Å². The van der Waals surface area contributed by atoms with Crippen molar-refractivity contribution in [2.75, 3.05) is 24.6 Å². The number of rotatable bonds is 9. The number of nitriles is 1. The third-order valence-electron chi connectivity index (χ3n) is 3.85. The molecule has 9 nitrogen and oxygen atoms in total. The first-order valence-electron chi connectivity index (χ1n) is 8.72. The summed E-state index contributed by atoms with van der Waals surface area (Å²) in [6, 6.07) is 11.4. The predicted octanol–water partition coefficient (Wildman–Crippen LogP) is 5.60. The molecule has 0 saturated heterocycles. The van der Waals surface area contributed by atoms with E-state index in [1.165, 1.54) is 6.92 Å². The largest absolute Gasteiger partial charge is 0.464 e. The zero-order valence-corrected chi connectivity index (χ0v) is 17.4. The second-order valence-corrected chi connectivity index (χ2v) is 6.78. The Morgan fingerprint density at radius 3 is 2.37 bits per heavy atom. The number of carbonyl (C=O) groups excluding carboxylic acids is 1. The van der Waals surface area contributed by atoms with Gasteiger partial charge in [-0.3, -0.25) is 14.9 Å². The molecule has 0 N–H and O–H groups in total. The van der Waals surface area contributed by atoms with Crippen LogP contribution in [0.15, 0.2) is 46.6 Å². The molecule has 0 spiro atoms. The zero-order valence-electron chi connectivity index (χ0n) is 15.9. The second kappa shape index (κ2) is 11.1. The van der Waals surface area contributed by atoms with Crippen LogP contribution < -0.4 is 4.90 Å². The third-order valence-corrected chi connectivity index (χ3v) is 4.43. The number of non-ortho nitro benzene ring substituents is 1. The lowest BCUT2D eigenvalue weighted by Gasteiger charge is -2.23. The smallest absolute Gasteiger partial charge is 0.302 e. The monoisotopic (exact) mass is 449 g/mol. The SMILES string of the molecule is CC(=O)OCCN(CCC#N)c1ccc(N=Nc2c(Cl)cc([N+](=O)[O-])cc2Cl)cc1. The fourth-order valence-electron chi connectivity index (χ4n) is 2.45. The highest BCUT2D eigenvalue weighted by Crippen LogP contribution is 2.37. The molecule has 11 heteroatoms. The van der Waals surface area contributed by atoms with E-state index in [2.05, 4.69) is 16.3 Å². The Morgan fingerprint density at radius 2 is 1.83 bits per heavy atom. The summed E-state index contributed by atoms with van der Waals surface area (Å²) in [5.41, 5.74) is 1.22. The molecule has 0 atom stereocenters. The Bertz CT molecular complexity index is 966. The normalized spacial score (nSPS) is 10.6. The molecule has 0 bridgehead atoms. The lowest BCUT2D eigenvalue weighted by Crippen LogP contribution is -2.28. The molecular formula is C19H17Cl2N5O4. The average molecular weight is 450 g/mol. The van der Waals surface area contributed by atoms with E-state index in [1.807, 2.05) is 4.90 Å². The highest BCUT2D eigenvalue weighted by Gasteiger charge is 2.14. The Kier molecular flexibility index (Phi) is 8.53. The van der Waals surface area contributed by atoms with E-state index in [1.54, 1.807) is 24.3 Å². The maximum atomic E-state index is 10.9. The van der Waals surface area contributed by atoms with E-state index in [0.29, 0.717) is 25.2 Å². The van der Waals surface area contributed by atoms with E-state index in [-0.39, 0.29) is 34.0 Å². The molecule has 0 radical (unpaired) electrons. The van der Waals surface area contributed by atoms with Crippen LogP contribution in [0.3, 0.4) is 0 Å². The van der Waals surface area contributed by atoms with Crippen molar-refractivity contribution in [3.05, 3.63) is 56.6 Å². The van der Waals surface area contributed by atoms with Gasteiger partial charge < -0.3 is 9.64 Å².